The highest BCUT2D eigenvalue weighted by atomic mass is 28.4. The van der Waals surface area contributed by atoms with E-state index in [9.17, 15) is 4.79 Å². The Morgan fingerprint density at radius 3 is 2.00 bits per heavy atom. The molecule has 1 aromatic rings. The van der Waals surface area contributed by atoms with E-state index in [1.165, 1.54) is 0 Å². The summed E-state index contributed by atoms with van der Waals surface area (Å²) in [7, 11) is -0.303. The van der Waals surface area contributed by atoms with Gasteiger partial charge in [0.05, 0.1) is 19.3 Å². The second kappa shape index (κ2) is 7.93. The first-order chi connectivity index (χ1) is 10.3. The van der Waals surface area contributed by atoms with Crippen LogP contribution in [0.15, 0.2) is 18.2 Å². The van der Waals surface area contributed by atoms with Crippen molar-refractivity contribution < 1.29 is 14.0 Å². The normalized spacial score (nSPS) is 12.3. The summed E-state index contributed by atoms with van der Waals surface area (Å²) in [5.41, 5.74) is 3.26. The summed E-state index contributed by atoms with van der Waals surface area (Å²) in [5, 5.41) is 0. The third-order valence-corrected chi connectivity index (χ3v) is 10.7. The molecule has 0 aliphatic heterocycles. The monoisotopic (exact) mass is 322 g/mol. The number of aldehydes is 1. The zero-order chi connectivity index (χ0) is 16.9. The lowest BCUT2D eigenvalue weighted by molar-refractivity contribution is 0.112. The third kappa shape index (κ3) is 3.79. The van der Waals surface area contributed by atoms with Crippen LogP contribution in [0.2, 0.25) is 16.6 Å². The van der Waals surface area contributed by atoms with Gasteiger partial charge in [0.1, 0.15) is 5.75 Å². The molecule has 0 radical (unpaired) electrons. The molecule has 0 aliphatic rings. The average molecular weight is 323 g/mol. The minimum atomic E-state index is -1.88. The van der Waals surface area contributed by atoms with E-state index in [1.807, 2.05) is 18.2 Å². The lowest BCUT2D eigenvalue weighted by atomic mass is 10.1. The summed E-state index contributed by atoms with van der Waals surface area (Å²) in [6, 6.07) is 5.68. The molecule has 0 aromatic heterocycles. The molecule has 124 valence electrons. The van der Waals surface area contributed by atoms with Gasteiger partial charge in [-0.2, -0.15) is 0 Å². The Hall–Kier alpha value is -1.13. The van der Waals surface area contributed by atoms with E-state index in [4.69, 9.17) is 9.16 Å². The van der Waals surface area contributed by atoms with E-state index in [0.717, 1.165) is 11.8 Å². The van der Waals surface area contributed by atoms with Gasteiger partial charge in [-0.05, 0) is 34.3 Å². The SMILES string of the molecule is COc1ccc(CO[Si](C(C)C)(C(C)C)C(C)C)cc1C=O. The molecule has 3 nitrogen and oxygen atoms in total. The molecule has 0 saturated heterocycles. The van der Waals surface area contributed by atoms with Gasteiger partial charge >= 0.3 is 0 Å². The molecule has 1 aromatic carbocycles. The Morgan fingerprint density at radius 1 is 1.05 bits per heavy atom. The van der Waals surface area contributed by atoms with E-state index < -0.39 is 8.32 Å². The molecule has 0 atom stereocenters. The first-order valence-corrected chi connectivity index (χ1v) is 10.2. The number of benzene rings is 1. The minimum Gasteiger partial charge on any atom is -0.496 e. The van der Waals surface area contributed by atoms with Gasteiger partial charge in [0.25, 0.3) is 0 Å². The van der Waals surface area contributed by atoms with Crippen molar-refractivity contribution in [2.75, 3.05) is 7.11 Å². The summed E-state index contributed by atoms with van der Waals surface area (Å²) in [5.74, 6) is 0.610. The fourth-order valence-corrected chi connectivity index (χ4v) is 9.09. The first-order valence-electron chi connectivity index (χ1n) is 8.05. The standard InChI is InChI=1S/C18H30O3Si/c1-13(2)22(14(3)4,15(5)6)21-12-16-8-9-18(20-7)17(10-16)11-19/h8-11,13-15H,12H2,1-7H3. The molecule has 0 aliphatic carbocycles. The second-order valence-electron chi connectivity index (χ2n) is 6.80. The highest BCUT2D eigenvalue weighted by Crippen LogP contribution is 2.42. The minimum absolute atomic E-state index is 0.552. The van der Waals surface area contributed by atoms with Gasteiger partial charge in [0.15, 0.2) is 6.29 Å². The maximum absolute atomic E-state index is 11.2. The van der Waals surface area contributed by atoms with Gasteiger partial charge in [-0.25, -0.2) is 0 Å². The molecule has 1 rings (SSSR count). The van der Waals surface area contributed by atoms with E-state index in [-0.39, 0.29) is 0 Å². The van der Waals surface area contributed by atoms with Crippen molar-refractivity contribution in [1.29, 1.82) is 0 Å². The van der Waals surface area contributed by atoms with Crippen LogP contribution in [0.25, 0.3) is 0 Å². The van der Waals surface area contributed by atoms with Crippen molar-refractivity contribution in [2.24, 2.45) is 0 Å². The predicted octanol–water partition coefficient (Wildman–Crippen LogP) is 5.20. The Balaban J connectivity index is 3.01. The largest absolute Gasteiger partial charge is 0.496 e. The topological polar surface area (TPSA) is 35.5 Å². The molecule has 0 unspecified atom stereocenters. The molecular weight excluding hydrogens is 292 g/mol. The number of rotatable bonds is 8. The number of ether oxygens (including phenoxy) is 1. The Bertz CT molecular complexity index is 473. The van der Waals surface area contributed by atoms with Crippen LogP contribution in [0.1, 0.15) is 57.5 Å². The summed E-state index contributed by atoms with van der Waals surface area (Å²) in [6.07, 6.45) is 0.834. The Morgan fingerprint density at radius 2 is 1.59 bits per heavy atom. The van der Waals surface area contributed by atoms with Crippen molar-refractivity contribution in [3.8, 4) is 5.75 Å². The van der Waals surface area contributed by atoms with E-state index in [1.54, 1.807) is 7.11 Å². The van der Waals surface area contributed by atoms with E-state index in [2.05, 4.69) is 41.5 Å². The van der Waals surface area contributed by atoms with Gasteiger partial charge in [-0.1, -0.05) is 47.6 Å². The Labute approximate surface area is 136 Å². The zero-order valence-electron chi connectivity index (χ0n) is 15.0. The molecule has 22 heavy (non-hydrogen) atoms. The quantitative estimate of drug-likeness (QED) is 0.487. The van der Waals surface area contributed by atoms with Crippen molar-refractivity contribution in [2.45, 2.75) is 64.8 Å². The molecule has 0 amide bonds. The number of methoxy groups -OCH3 is 1. The smallest absolute Gasteiger partial charge is 0.200 e. The third-order valence-electron chi connectivity index (χ3n) is 4.62. The molecule has 0 heterocycles. The molecule has 4 heteroatoms. The van der Waals surface area contributed by atoms with E-state index >= 15 is 0 Å². The average Bonchev–Trinajstić information content (AvgIpc) is 2.46. The molecule has 0 spiro atoms. The van der Waals surface area contributed by atoms with Gasteiger partial charge in [0.2, 0.25) is 8.32 Å². The molecule has 0 fully saturated rings. The molecule has 0 bridgehead atoms. The summed E-state index contributed by atoms with van der Waals surface area (Å²) < 4.78 is 11.7. The van der Waals surface area contributed by atoms with E-state index in [0.29, 0.717) is 34.5 Å². The van der Waals surface area contributed by atoms with Crippen molar-refractivity contribution in [3.63, 3.8) is 0 Å². The molecular formula is C18H30O3Si. The van der Waals surface area contributed by atoms with Crippen LogP contribution in [-0.2, 0) is 11.0 Å². The van der Waals surface area contributed by atoms with Crippen LogP contribution < -0.4 is 4.74 Å². The number of hydrogen-bond acceptors (Lipinski definition) is 3. The summed E-state index contributed by atoms with van der Waals surface area (Å²) in [4.78, 5) is 11.2. The van der Waals surface area contributed by atoms with Crippen LogP contribution in [0.3, 0.4) is 0 Å². The highest BCUT2D eigenvalue weighted by Gasteiger charge is 2.44. The second-order valence-corrected chi connectivity index (χ2v) is 12.3. The number of hydrogen-bond donors (Lipinski definition) is 0. The first kappa shape index (κ1) is 18.9. The summed E-state index contributed by atoms with van der Waals surface area (Å²) in [6.45, 7) is 14.2. The van der Waals surface area contributed by atoms with Crippen LogP contribution >= 0.6 is 0 Å². The van der Waals surface area contributed by atoms with Crippen LogP contribution in [0.5, 0.6) is 5.75 Å². The van der Waals surface area contributed by atoms with Crippen LogP contribution in [-0.4, -0.2) is 21.7 Å². The summed E-state index contributed by atoms with van der Waals surface area (Å²) >= 11 is 0. The maximum atomic E-state index is 11.2. The van der Waals surface area contributed by atoms with Crippen molar-refractivity contribution in [3.05, 3.63) is 29.3 Å². The van der Waals surface area contributed by atoms with Crippen LogP contribution in [0, 0.1) is 0 Å². The molecule has 0 N–H and O–H groups in total. The Kier molecular flexibility index (Phi) is 6.82. The fourth-order valence-electron chi connectivity index (χ4n) is 3.67. The van der Waals surface area contributed by atoms with Gasteiger partial charge in [-0.15, -0.1) is 0 Å². The van der Waals surface area contributed by atoms with Gasteiger partial charge in [0, 0.05) is 0 Å². The molecule has 0 saturated carbocycles. The van der Waals surface area contributed by atoms with Crippen molar-refractivity contribution in [1.82, 2.24) is 0 Å². The van der Waals surface area contributed by atoms with Crippen LogP contribution in [0.4, 0.5) is 0 Å². The van der Waals surface area contributed by atoms with Crippen molar-refractivity contribution >= 4 is 14.6 Å². The lowest BCUT2D eigenvalue weighted by Gasteiger charge is -2.42. The number of carbonyl (C=O) groups is 1. The fraction of sp³-hybridized carbons (Fsp3) is 0.611. The zero-order valence-corrected chi connectivity index (χ0v) is 16.0. The number of carbonyl (C=O) groups excluding carboxylic acids is 1. The lowest BCUT2D eigenvalue weighted by Crippen LogP contribution is -2.47. The highest BCUT2D eigenvalue weighted by molar-refractivity contribution is 6.77. The van der Waals surface area contributed by atoms with Gasteiger partial charge in [-0.3, -0.25) is 4.79 Å². The predicted molar refractivity (Wildman–Crippen MR) is 94.2 cm³/mol. The van der Waals surface area contributed by atoms with Gasteiger partial charge < -0.3 is 9.16 Å². The maximum Gasteiger partial charge on any atom is 0.200 e.